The largest absolute Gasteiger partial charge is 0.468 e. The molecule has 0 aliphatic heterocycles. The number of methoxy groups -OCH3 is 1. The van der Waals surface area contributed by atoms with Crippen LogP contribution in [0.1, 0.15) is 33.1 Å². The summed E-state index contributed by atoms with van der Waals surface area (Å²) in [4.78, 5) is 12.1. The summed E-state index contributed by atoms with van der Waals surface area (Å²) in [5, 5.41) is 12.6. The number of thioether (sulfide) groups is 1. The normalized spacial score (nSPS) is 20.2. The van der Waals surface area contributed by atoms with Crippen LogP contribution in [0, 0.1) is 5.92 Å². The van der Waals surface area contributed by atoms with Gasteiger partial charge in [0.25, 0.3) is 0 Å². The van der Waals surface area contributed by atoms with Gasteiger partial charge in [-0.1, -0.05) is 13.8 Å². The van der Waals surface area contributed by atoms with Crippen LogP contribution in [0.4, 0.5) is 0 Å². The fraction of sp³-hybridized carbons (Fsp3) is 0.923. The second kappa shape index (κ2) is 7.36. The molecule has 1 fully saturated rings. The van der Waals surface area contributed by atoms with Gasteiger partial charge in [0, 0.05) is 17.6 Å². The lowest BCUT2D eigenvalue weighted by molar-refractivity contribution is -0.148. The third-order valence-corrected chi connectivity index (χ3v) is 4.87. The molecular weight excluding hydrogens is 250 g/mol. The number of ether oxygens (including phenoxy) is 1. The maximum Gasteiger partial charge on any atom is 0.327 e. The summed E-state index contributed by atoms with van der Waals surface area (Å²) in [5.41, 5.74) is -0.530. The Hall–Kier alpha value is -0.260. The molecule has 5 heteroatoms. The first-order chi connectivity index (χ1) is 8.60. The molecule has 0 heterocycles. The topological polar surface area (TPSA) is 58.6 Å². The SMILES string of the molecule is CCNC(CSC(C)CCO)(C(=O)OC)C1CC1. The molecule has 0 saturated heterocycles. The van der Waals surface area contributed by atoms with E-state index in [1.807, 2.05) is 6.92 Å². The van der Waals surface area contributed by atoms with E-state index in [0.717, 1.165) is 31.6 Å². The van der Waals surface area contributed by atoms with E-state index in [1.54, 1.807) is 11.8 Å². The van der Waals surface area contributed by atoms with E-state index in [-0.39, 0.29) is 12.6 Å². The number of hydrogen-bond donors (Lipinski definition) is 2. The zero-order chi connectivity index (χ0) is 13.6. The molecule has 106 valence electrons. The molecule has 2 N–H and O–H groups in total. The molecule has 0 radical (unpaired) electrons. The van der Waals surface area contributed by atoms with Gasteiger partial charge < -0.3 is 15.2 Å². The van der Waals surface area contributed by atoms with Crippen molar-refractivity contribution in [3.63, 3.8) is 0 Å². The van der Waals surface area contributed by atoms with Crippen molar-refractivity contribution in [1.82, 2.24) is 5.32 Å². The minimum absolute atomic E-state index is 0.143. The van der Waals surface area contributed by atoms with Gasteiger partial charge in [0.1, 0.15) is 5.54 Å². The maximum absolute atomic E-state index is 12.1. The van der Waals surface area contributed by atoms with Gasteiger partial charge >= 0.3 is 5.97 Å². The lowest BCUT2D eigenvalue weighted by Crippen LogP contribution is -2.57. The van der Waals surface area contributed by atoms with Crippen LogP contribution < -0.4 is 5.32 Å². The Labute approximate surface area is 114 Å². The maximum atomic E-state index is 12.1. The highest BCUT2D eigenvalue weighted by Gasteiger charge is 2.51. The van der Waals surface area contributed by atoms with Crippen molar-refractivity contribution >= 4 is 17.7 Å². The highest BCUT2D eigenvalue weighted by Crippen LogP contribution is 2.42. The van der Waals surface area contributed by atoms with Gasteiger partial charge in [-0.3, -0.25) is 4.79 Å². The molecule has 2 atom stereocenters. The van der Waals surface area contributed by atoms with Crippen LogP contribution in [0.25, 0.3) is 0 Å². The molecule has 2 unspecified atom stereocenters. The summed E-state index contributed by atoms with van der Waals surface area (Å²) in [6.45, 7) is 5.06. The molecule has 0 aromatic rings. The first-order valence-electron chi connectivity index (χ1n) is 6.66. The second-order valence-corrected chi connectivity index (χ2v) is 6.33. The van der Waals surface area contributed by atoms with Gasteiger partial charge in [-0.25, -0.2) is 0 Å². The third-order valence-electron chi connectivity index (χ3n) is 3.45. The number of rotatable bonds is 9. The molecule has 4 nitrogen and oxygen atoms in total. The molecule has 0 bridgehead atoms. The Kier molecular flexibility index (Phi) is 6.46. The summed E-state index contributed by atoms with van der Waals surface area (Å²) >= 11 is 1.74. The average Bonchev–Trinajstić information content (AvgIpc) is 3.18. The van der Waals surface area contributed by atoms with Crippen LogP contribution in [0.3, 0.4) is 0 Å². The number of nitrogens with one attached hydrogen (secondary N) is 1. The summed E-state index contributed by atoms with van der Waals surface area (Å²) in [6, 6.07) is 0. The van der Waals surface area contributed by atoms with Gasteiger partial charge in [-0.2, -0.15) is 11.8 Å². The molecule has 0 aromatic carbocycles. The second-order valence-electron chi connectivity index (χ2n) is 4.90. The van der Waals surface area contributed by atoms with Crippen molar-refractivity contribution in [3.8, 4) is 0 Å². The third kappa shape index (κ3) is 3.87. The van der Waals surface area contributed by atoms with Gasteiger partial charge in [0.2, 0.25) is 0 Å². The van der Waals surface area contributed by atoms with E-state index >= 15 is 0 Å². The first kappa shape index (κ1) is 15.8. The standard InChI is InChI=1S/C13H25NO3S/c1-4-14-13(11-5-6-11,12(16)17-3)9-18-10(2)7-8-15/h10-11,14-15H,4-9H2,1-3H3. The first-order valence-corrected chi connectivity index (χ1v) is 7.71. The van der Waals surface area contributed by atoms with Gasteiger partial charge in [-0.05, 0) is 31.7 Å². The molecule has 1 saturated carbocycles. The van der Waals surface area contributed by atoms with E-state index < -0.39 is 5.54 Å². The number of aliphatic hydroxyl groups is 1. The van der Waals surface area contributed by atoms with Crippen molar-refractivity contribution < 1.29 is 14.6 Å². The molecular formula is C13H25NO3S. The highest BCUT2D eigenvalue weighted by atomic mass is 32.2. The lowest BCUT2D eigenvalue weighted by atomic mass is 9.95. The van der Waals surface area contributed by atoms with E-state index in [2.05, 4.69) is 12.2 Å². The summed E-state index contributed by atoms with van der Waals surface area (Å²) < 4.78 is 5.00. The Bertz CT molecular complexity index is 271. The molecule has 18 heavy (non-hydrogen) atoms. The fourth-order valence-corrected chi connectivity index (χ4v) is 3.50. The number of carbonyl (C=O) groups excluding carboxylic acids is 1. The van der Waals surface area contributed by atoms with E-state index in [0.29, 0.717) is 11.2 Å². The molecule has 0 aromatic heterocycles. The zero-order valence-electron chi connectivity index (χ0n) is 11.6. The zero-order valence-corrected chi connectivity index (χ0v) is 12.4. The van der Waals surface area contributed by atoms with Crippen LogP contribution in [-0.4, -0.2) is 47.9 Å². The van der Waals surface area contributed by atoms with Gasteiger partial charge in [-0.15, -0.1) is 0 Å². The predicted octanol–water partition coefficient (Wildman–Crippen LogP) is 1.42. The summed E-state index contributed by atoms with van der Waals surface area (Å²) in [5.74, 6) is 0.980. The fourth-order valence-electron chi connectivity index (χ4n) is 2.22. The van der Waals surface area contributed by atoms with Crippen molar-refractivity contribution in [3.05, 3.63) is 0 Å². The van der Waals surface area contributed by atoms with Crippen molar-refractivity contribution in [2.24, 2.45) is 5.92 Å². The molecule has 1 aliphatic carbocycles. The molecule has 0 amide bonds. The van der Waals surface area contributed by atoms with Crippen LogP contribution in [0.15, 0.2) is 0 Å². The van der Waals surface area contributed by atoms with E-state index in [9.17, 15) is 4.79 Å². The average molecular weight is 275 g/mol. The van der Waals surface area contributed by atoms with Crippen LogP contribution >= 0.6 is 11.8 Å². The number of likely N-dealkylation sites (N-methyl/N-ethyl adjacent to an activating group) is 1. The predicted molar refractivity (Wildman–Crippen MR) is 74.8 cm³/mol. The van der Waals surface area contributed by atoms with Crippen molar-refractivity contribution in [2.75, 3.05) is 26.0 Å². The number of carbonyl (C=O) groups is 1. The summed E-state index contributed by atoms with van der Waals surface area (Å²) in [6.07, 6.45) is 2.95. The Morgan fingerprint density at radius 2 is 2.28 bits per heavy atom. The molecule has 1 rings (SSSR count). The van der Waals surface area contributed by atoms with E-state index in [4.69, 9.17) is 9.84 Å². The van der Waals surface area contributed by atoms with Crippen molar-refractivity contribution in [2.45, 2.75) is 43.9 Å². The smallest absolute Gasteiger partial charge is 0.327 e. The minimum Gasteiger partial charge on any atom is -0.468 e. The molecule has 1 aliphatic rings. The Balaban J connectivity index is 2.66. The number of esters is 1. The minimum atomic E-state index is -0.530. The molecule has 0 spiro atoms. The van der Waals surface area contributed by atoms with E-state index in [1.165, 1.54) is 7.11 Å². The lowest BCUT2D eigenvalue weighted by Gasteiger charge is -2.32. The quantitative estimate of drug-likeness (QED) is 0.623. The Morgan fingerprint density at radius 3 is 2.72 bits per heavy atom. The highest BCUT2D eigenvalue weighted by molar-refractivity contribution is 8.00. The summed E-state index contributed by atoms with van der Waals surface area (Å²) in [7, 11) is 1.46. The van der Waals surface area contributed by atoms with Crippen molar-refractivity contribution in [1.29, 1.82) is 0 Å². The van der Waals surface area contributed by atoms with Gasteiger partial charge in [0.05, 0.1) is 7.11 Å². The Morgan fingerprint density at radius 1 is 1.61 bits per heavy atom. The monoisotopic (exact) mass is 275 g/mol. The number of aliphatic hydroxyl groups excluding tert-OH is 1. The van der Waals surface area contributed by atoms with Crippen LogP contribution in [0.2, 0.25) is 0 Å². The van der Waals surface area contributed by atoms with Crippen LogP contribution in [-0.2, 0) is 9.53 Å². The van der Waals surface area contributed by atoms with Gasteiger partial charge in [0.15, 0.2) is 0 Å². The van der Waals surface area contributed by atoms with Crippen LogP contribution in [0.5, 0.6) is 0 Å². The number of hydrogen-bond acceptors (Lipinski definition) is 5.